The second-order valence-corrected chi connectivity index (χ2v) is 10.5. The van der Waals surface area contributed by atoms with Gasteiger partial charge in [-0.2, -0.15) is 0 Å². The number of allylic oxidation sites excluding steroid dienone is 2. The Balaban J connectivity index is 2.28. The van der Waals surface area contributed by atoms with Crippen molar-refractivity contribution in [2.75, 3.05) is 6.61 Å². The van der Waals surface area contributed by atoms with E-state index in [1.165, 1.54) is 4.88 Å². The van der Waals surface area contributed by atoms with Crippen molar-refractivity contribution in [2.45, 2.75) is 47.6 Å². The molecule has 1 aliphatic heterocycles. The third-order valence-corrected chi connectivity index (χ3v) is 6.43. The Morgan fingerprint density at radius 3 is 2.15 bits per heavy atom. The lowest BCUT2D eigenvalue weighted by atomic mass is 9.61. The summed E-state index contributed by atoms with van der Waals surface area (Å²) in [5, 5.41) is 2.09. The third kappa shape index (κ3) is 3.05. The van der Waals surface area contributed by atoms with Crippen LogP contribution in [-0.2, 0) is 9.53 Å². The van der Waals surface area contributed by atoms with Crippen LogP contribution < -0.4 is 0 Å². The highest BCUT2D eigenvalue weighted by molar-refractivity contribution is 7.10. The summed E-state index contributed by atoms with van der Waals surface area (Å²) in [6.07, 6.45) is 6.33. The summed E-state index contributed by atoms with van der Waals surface area (Å²) in [4.78, 5) is 14.6. The summed E-state index contributed by atoms with van der Waals surface area (Å²) < 4.78 is 6.29. The molecule has 0 aromatic carbocycles. The van der Waals surface area contributed by atoms with Gasteiger partial charge in [-0.15, -0.1) is 17.9 Å². The molecule has 0 amide bonds. The summed E-state index contributed by atoms with van der Waals surface area (Å²) in [5.41, 5.74) is 0.991. The predicted molar refractivity (Wildman–Crippen MR) is 109 cm³/mol. The zero-order chi connectivity index (χ0) is 19.3. The lowest BCUT2D eigenvalue weighted by Gasteiger charge is -2.41. The molecule has 2 heterocycles. The number of carbonyl (C=O) groups is 1. The molecular weight excluding hydrogens is 340 g/mol. The van der Waals surface area contributed by atoms with Crippen LogP contribution in [0, 0.1) is 22.2 Å². The van der Waals surface area contributed by atoms with E-state index in [0.29, 0.717) is 6.61 Å². The Kier molecular flexibility index (Phi) is 4.69. The monoisotopic (exact) mass is 370 g/mol. The number of carbonyl (C=O) groups excluding carboxylic acids is 1. The van der Waals surface area contributed by atoms with Crippen molar-refractivity contribution in [2.24, 2.45) is 22.2 Å². The summed E-state index contributed by atoms with van der Waals surface area (Å²) >= 11 is 1.72. The van der Waals surface area contributed by atoms with Crippen molar-refractivity contribution in [3.63, 3.8) is 0 Å². The van der Waals surface area contributed by atoms with Crippen molar-refractivity contribution in [3.8, 4) is 0 Å². The molecule has 0 saturated carbocycles. The number of ether oxygens (including phenoxy) is 1. The highest BCUT2D eigenvalue weighted by Gasteiger charge is 2.53. The molecule has 2 atom stereocenters. The lowest BCUT2D eigenvalue weighted by molar-refractivity contribution is -0.114. The Morgan fingerprint density at radius 2 is 1.73 bits per heavy atom. The minimum absolute atomic E-state index is 0.0756. The molecule has 1 aromatic rings. The van der Waals surface area contributed by atoms with Crippen LogP contribution in [0.1, 0.15) is 52.5 Å². The SMILES string of the molecule is C=C[C@H]1CO[C@H](c2cccs2)C12C=C(C(C)(C)C)C(=O)C(C(C)(C)C)=C2. The molecule has 2 nitrogen and oxygen atoms in total. The number of Topliss-reactive ketones (excluding diaryl/α,β-unsaturated/α-hetero) is 1. The molecule has 0 unspecified atom stereocenters. The molecule has 1 aromatic heterocycles. The fourth-order valence-corrected chi connectivity index (χ4v) is 4.89. The van der Waals surface area contributed by atoms with Crippen LogP contribution in [0.2, 0.25) is 0 Å². The van der Waals surface area contributed by atoms with Gasteiger partial charge in [-0.25, -0.2) is 0 Å². The molecular formula is C23H30O2S. The number of rotatable bonds is 2. The van der Waals surface area contributed by atoms with Gasteiger partial charge in [0.1, 0.15) is 6.10 Å². The van der Waals surface area contributed by atoms with Gasteiger partial charge in [0.25, 0.3) is 0 Å². The molecule has 26 heavy (non-hydrogen) atoms. The first-order valence-corrected chi connectivity index (χ1v) is 10.2. The van der Waals surface area contributed by atoms with E-state index in [-0.39, 0.29) is 34.1 Å². The highest BCUT2D eigenvalue weighted by atomic mass is 32.1. The second kappa shape index (κ2) is 6.31. The van der Waals surface area contributed by atoms with Crippen molar-refractivity contribution in [1.29, 1.82) is 0 Å². The maximum Gasteiger partial charge on any atom is 0.185 e. The standard InChI is InChI=1S/C23H30O2S/c1-8-15-14-25-20(18-10-9-11-26-18)23(15)12-16(21(2,3)4)19(24)17(13-23)22(5,6)7/h8-13,15,20H,1,14H2,2-7H3/t15-,20+/m0/s1. The van der Waals surface area contributed by atoms with Gasteiger partial charge in [0.05, 0.1) is 6.61 Å². The van der Waals surface area contributed by atoms with Crippen LogP contribution in [0.25, 0.3) is 0 Å². The maximum atomic E-state index is 13.3. The van der Waals surface area contributed by atoms with Gasteiger partial charge in [-0.1, -0.05) is 65.8 Å². The Hall–Kier alpha value is -1.45. The van der Waals surface area contributed by atoms with Crippen LogP contribution in [0.4, 0.5) is 0 Å². The largest absolute Gasteiger partial charge is 0.371 e. The van der Waals surface area contributed by atoms with E-state index >= 15 is 0 Å². The van der Waals surface area contributed by atoms with E-state index in [4.69, 9.17) is 4.74 Å². The van der Waals surface area contributed by atoms with Crippen LogP contribution >= 0.6 is 11.3 Å². The molecule has 1 fully saturated rings. The number of hydrogen-bond donors (Lipinski definition) is 0. The van der Waals surface area contributed by atoms with Gasteiger partial charge < -0.3 is 4.74 Å². The van der Waals surface area contributed by atoms with E-state index in [1.54, 1.807) is 11.3 Å². The summed E-state index contributed by atoms with van der Waals surface area (Å²) in [7, 11) is 0. The summed E-state index contributed by atoms with van der Waals surface area (Å²) in [6.45, 7) is 17.4. The molecule has 140 valence electrons. The predicted octanol–water partition coefficient (Wildman–Crippen LogP) is 6.14. The fourth-order valence-electron chi connectivity index (χ4n) is 4.02. The third-order valence-electron chi connectivity index (χ3n) is 5.52. The zero-order valence-electron chi connectivity index (χ0n) is 16.8. The van der Waals surface area contributed by atoms with Crippen LogP contribution in [0.5, 0.6) is 0 Å². The second-order valence-electron chi connectivity index (χ2n) is 9.52. The quantitative estimate of drug-likeness (QED) is 0.585. The van der Waals surface area contributed by atoms with Gasteiger partial charge in [-0.05, 0) is 22.3 Å². The van der Waals surface area contributed by atoms with Crippen molar-refractivity contribution >= 4 is 17.1 Å². The van der Waals surface area contributed by atoms with E-state index in [0.717, 1.165) is 11.1 Å². The van der Waals surface area contributed by atoms with Crippen LogP contribution in [0.3, 0.4) is 0 Å². The van der Waals surface area contributed by atoms with Crippen LogP contribution in [-0.4, -0.2) is 12.4 Å². The van der Waals surface area contributed by atoms with Gasteiger partial charge in [-0.3, -0.25) is 4.79 Å². The van der Waals surface area contributed by atoms with E-state index < -0.39 is 0 Å². The van der Waals surface area contributed by atoms with Crippen molar-refractivity contribution in [3.05, 3.63) is 58.3 Å². The smallest absolute Gasteiger partial charge is 0.185 e. The molecule has 0 bridgehead atoms. The van der Waals surface area contributed by atoms with Crippen molar-refractivity contribution < 1.29 is 9.53 Å². The molecule has 2 aliphatic rings. The van der Waals surface area contributed by atoms with E-state index in [2.05, 4.69) is 77.8 Å². The fraction of sp³-hybridized carbons (Fsp3) is 0.522. The van der Waals surface area contributed by atoms with E-state index in [1.807, 2.05) is 6.08 Å². The Labute approximate surface area is 161 Å². The molecule has 1 aliphatic carbocycles. The molecule has 0 radical (unpaired) electrons. The molecule has 1 saturated heterocycles. The zero-order valence-corrected chi connectivity index (χ0v) is 17.6. The van der Waals surface area contributed by atoms with Gasteiger partial charge in [0.15, 0.2) is 5.78 Å². The first-order valence-electron chi connectivity index (χ1n) is 9.29. The minimum Gasteiger partial charge on any atom is -0.371 e. The summed E-state index contributed by atoms with van der Waals surface area (Å²) in [5.74, 6) is 0.327. The van der Waals surface area contributed by atoms with Gasteiger partial charge >= 0.3 is 0 Å². The Bertz CT molecular complexity index is 732. The molecule has 0 N–H and O–H groups in total. The number of hydrogen-bond acceptors (Lipinski definition) is 3. The minimum atomic E-state index is -0.355. The first kappa shape index (κ1) is 19.3. The molecule has 3 heteroatoms. The lowest BCUT2D eigenvalue weighted by Crippen LogP contribution is -2.37. The number of ketones is 1. The topological polar surface area (TPSA) is 26.3 Å². The normalized spacial score (nSPS) is 26.0. The van der Waals surface area contributed by atoms with E-state index in [9.17, 15) is 4.79 Å². The molecule has 3 rings (SSSR count). The summed E-state index contributed by atoms with van der Waals surface area (Å²) in [6, 6.07) is 4.20. The highest BCUT2D eigenvalue weighted by Crippen LogP contribution is 2.57. The average molecular weight is 371 g/mol. The van der Waals surface area contributed by atoms with Gasteiger partial charge in [0, 0.05) is 27.4 Å². The van der Waals surface area contributed by atoms with Crippen molar-refractivity contribution in [1.82, 2.24) is 0 Å². The van der Waals surface area contributed by atoms with Gasteiger partial charge in [0.2, 0.25) is 0 Å². The first-order chi connectivity index (χ1) is 12.0. The Morgan fingerprint density at radius 1 is 1.15 bits per heavy atom. The van der Waals surface area contributed by atoms with Crippen LogP contribution in [0.15, 0.2) is 53.5 Å². The molecule has 1 spiro atoms. The average Bonchev–Trinajstić information content (AvgIpc) is 3.14. The maximum absolute atomic E-state index is 13.3. The number of thiophene rings is 1.